The Morgan fingerprint density at radius 3 is 2.37 bits per heavy atom. The van der Waals surface area contributed by atoms with E-state index < -0.39 is 17.5 Å². The lowest BCUT2D eigenvalue weighted by Crippen LogP contribution is -2.11. The topological polar surface area (TPSA) is 12.0 Å². The van der Waals surface area contributed by atoms with Gasteiger partial charge in [-0.2, -0.15) is 0 Å². The van der Waals surface area contributed by atoms with Crippen LogP contribution in [0, 0.1) is 17.5 Å². The minimum absolute atomic E-state index is 0.352. The molecule has 2 aromatic carbocycles. The Morgan fingerprint density at radius 2 is 1.63 bits per heavy atom. The molecule has 1 heterocycles. The Kier molecular flexibility index (Phi) is 2.93. The van der Waals surface area contributed by atoms with Crippen LogP contribution in [0.4, 0.5) is 18.9 Å². The smallest absolute Gasteiger partial charge is 0.194 e. The van der Waals surface area contributed by atoms with Gasteiger partial charge in [0, 0.05) is 12.2 Å². The maximum atomic E-state index is 13.2. The second-order valence-corrected chi connectivity index (χ2v) is 4.66. The zero-order valence-electron chi connectivity index (χ0n) is 10.1. The van der Waals surface area contributed by atoms with E-state index >= 15 is 0 Å². The van der Waals surface area contributed by atoms with Gasteiger partial charge < -0.3 is 5.32 Å². The van der Waals surface area contributed by atoms with Crippen molar-refractivity contribution in [3.63, 3.8) is 0 Å². The number of anilines is 1. The van der Waals surface area contributed by atoms with Gasteiger partial charge in [-0.05, 0) is 53.8 Å². The first-order valence-electron chi connectivity index (χ1n) is 6.17. The summed E-state index contributed by atoms with van der Waals surface area (Å²) < 4.78 is 39.4. The molecule has 3 rings (SSSR count). The average Bonchev–Trinajstić information content (AvgIpc) is 2.43. The molecule has 0 bridgehead atoms. The van der Waals surface area contributed by atoms with Crippen LogP contribution in [0.2, 0.25) is 0 Å². The molecule has 0 atom stereocenters. The fraction of sp³-hybridized carbons (Fsp3) is 0.200. The van der Waals surface area contributed by atoms with E-state index in [1.807, 2.05) is 12.1 Å². The molecule has 1 N–H and O–H groups in total. The number of aryl methyl sites for hydroxylation is 1. The fourth-order valence-corrected chi connectivity index (χ4v) is 2.38. The molecule has 0 spiro atoms. The molecule has 2 aromatic rings. The first-order valence-corrected chi connectivity index (χ1v) is 6.17. The van der Waals surface area contributed by atoms with Gasteiger partial charge in [0.05, 0.1) is 0 Å². The van der Waals surface area contributed by atoms with E-state index in [-0.39, 0.29) is 0 Å². The van der Waals surface area contributed by atoms with Gasteiger partial charge in [-0.15, -0.1) is 0 Å². The lowest BCUT2D eigenvalue weighted by molar-refractivity contribution is 0.447. The summed E-state index contributed by atoms with van der Waals surface area (Å²) in [5.74, 6) is -3.75. The van der Waals surface area contributed by atoms with Crippen LogP contribution in [0.1, 0.15) is 12.0 Å². The molecule has 1 aliphatic heterocycles. The van der Waals surface area contributed by atoms with Crippen LogP contribution in [0.3, 0.4) is 0 Å². The second kappa shape index (κ2) is 4.61. The summed E-state index contributed by atoms with van der Waals surface area (Å²) in [5, 5.41) is 3.27. The monoisotopic (exact) mass is 263 g/mol. The molecular formula is C15H12F3N. The van der Waals surface area contributed by atoms with Crippen LogP contribution in [-0.2, 0) is 6.42 Å². The summed E-state index contributed by atoms with van der Waals surface area (Å²) >= 11 is 0. The van der Waals surface area contributed by atoms with Crippen LogP contribution >= 0.6 is 0 Å². The Labute approximate surface area is 109 Å². The van der Waals surface area contributed by atoms with Crippen molar-refractivity contribution in [2.24, 2.45) is 0 Å². The molecule has 19 heavy (non-hydrogen) atoms. The van der Waals surface area contributed by atoms with Crippen LogP contribution in [0.5, 0.6) is 0 Å². The summed E-state index contributed by atoms with van der Waals surface area (Å²) in [7, 11) is 0. The molecule has 0 saturated heterocycles. The third-order valence-electron chi connectivity index (χ3n) is 3.36. The van der Waals surface area contributed by atoms with E-state index in [0.29, 0.717) is 11.1 Å². The predicted octanol–water partition coefficient (Wildman–Crippen LogP) is 4.13. The van der Waals surface area contributed by atoms with Crippen molar-refractivity contribution in [1.82, 2.24) is 0 Å². The second-order valence-electron chi connectivity index (χ2n) is 4.66. The Morgan fingerprint density at radius 1 is 0.895 bits per heavy atom. The molecular weight excluding hydrogens is 251 g/mol. The molecule has 0 fully saturated rings. The Balaban J connectivity index is 2.07. The lowest BCUT2D eigenvalue weighted by atomic mass is 9.97. The maximum Gasteiger partial charge on any atom is 0.194 e. The highest BCUT2D eigenvalue weighted by Gasteiger charge is 2.14. The number of rotatable bonds is 1. The van der Waals surface area contributed by atoms with Crippen LogP contribution < -0.4 is 5.32 Å². The first kappa shape index (κ1) is 12.1. The molecule has 0 saturated carbocycles. The molecule has 1 aliphatic rings. The van der Waals surface area contributed by atoms with Crippen LogP contribution in [-0.4, -0.2) is 6.54 Å². The highest BCUT2D eigenvalue weighted by Crippen LogP contribution is 2.29. The van der Waals surface area contributed by atoms with Crippen molar-refractivity contribution in [3.8, 4) is 11.1 Å². The van der Waals surface area contributed by atoms with Crippen LogP contribution in [0.25, 0.3) is 11.1 Å². The average molecular weight is 263 g/mol. The summed E-state index contributed by atoms with van der Waals surface area (Å²) in [4.78, 5) is 0. The fourth-order valence-electron chi connectivity index (χ4n) is 2.38. The molecule has 1 nitrogen and oxygen atoms in total. The van der Waals surface area contributed by atoms with Gasteiger partial charge in [-0.25, -0.2) is 13.2 Å². The number of nitrogens with one attached hydrogen (secondary N) is 1. The minimum Gasteiger partial charge on any atom is -0.385 e. The highest BCUT2D eigenvalue weighted by atomic mass is 19.2. The van der Waals surface area contributed by atoms with E-state index in [9.17, 15) is 13.2 Å². The van der Waals surface area contributed by atoms with E-state index in [0.717, 1.165) is 42.8 Å². The van der Waals surface area contributed by atoms with Gasteiger partial charge in [0.25, 0.3) is 0 Å². The molecule has 0 unspecified atom stereocenters. The third-order valence-corrected chi connectivity index (χ3v) is 3.36. The molecule has 98 valence electrons. The minimum atomic E-state index is -1.43. The summed E-state index contributed by atoms with van der Waals surface area (Å²) in [6, 6.07) is 7.62. The first-order chi connectivity index (χ1) is 9.15. The number of hydrogen-bond donors (Lipinski definition) is 1. The van der Waals surface area contributed by atoms with Gasteiger partial charge >= 0.3 is 0 Å². The van der Waals surface area contributed by atoms with Gasteiger partial charge in [0.15, 0.2) is 17.5 Å². The Bertz CT molecular complexity index is 614. The van der Waals surface area contributed by atoms with E-state index in [2.05, 4.69) is 5.32 Å². The number of benzene rings is 2. The van der Waals surface area contributed by atoms with Gasteiger partial charge in [-0.3, -0.25) is 0 Å². The lowest BCUT2D eigenvalue weighted by Gasteiger charge is -2.18. The normalized spacial score (nSPS) is 13.8. The zero-order chi connectivity index (χ0) is 13.4. The standard InChI is InChI=1S/C15H12F3N/c16-12-7-11(8-13(17)15(12)18)9-3-4-14-10(6-9)2-1-5-19-14/h3-4,6-8,19H,1-2,5H2. The van der Waals surface area contributed by atoms with E-state index in [1.165, 1.54) is 0 Å². The molecule has 4 heteroatoms. The van der Waals surface area contributed by atoms with Gasteiger partial charge in [0.1, 0.15) is 0 Å². The zero-order valence-corrected chi connectivity index (χ0v) is 10.1. The van der Waals surface area contributed by atoms with Crippen molar-refractivity contribution >= 4 is 5.69 Å². The van der Waals surface area contributed by atoms with E-state index in [1.54, 1.807) is 6.07 Å². The SMILES string of the molecule is Fc1cc(-c2ccc3c(c2)CCCN3)cc(F)c1F. The maximum absolute atomic E-state index is 13.2. The third kappa shape index (κ3) is 2.18. The Hall–Kier alpha value is -1.97. The number of hydrogen-bond acceptors (Lipinski definition) is 1. The molecule has 0 radical (unpaired) electrons. The number of fused-ring (bicyclic) bond motifs is 1. The van der Waals surface area contributed by atoms with Gasteiger partial charge in [0.2, 0.25) is 0 Å². The van der Waals surface area contributed by atoms with Crippen molar-refractivity contribution in [1.29, 1.82) is 0 Å². The molecule has 0 aromatic heterocycles. The summed E-state index contributed by atoms with van der Waals surface area (Å²) in [5.41, 5.74) is 3.22. The van der Waals surface area contributed by atoms with Crippen molar-refractivity contribution in [2.45, 2.75) is 12.8 Å². The van der Waals surface area contributed by atoms with E-state index in [4.69, 9.17) is 0 Å². The van der Waals surface area contributed by atoms with Gasteiger partial charge in [-0.1, -0.05) is 6.07 Å². The number of halogens is 3. The van der Waals surface area contributed by atoms with Crippen molar-refractivity contribution in [2.75, 3.05) is 11.9 Å². The quantitative estimate of drug-likeness (QED) is 0.763. The van der Waals surface area contributed by atoms with Crippen LogP contribution in [0.15, 0.2) is 30.3 Å². The highest BCUT2D eigenvalue weighted by molar-refractivity contribution is 5.69. The largest absolute Gasteiger partial charge is 0.385 e. The van der Waals surface area contributed by atoms with Crippen molar-refractivity contribution < 1.29 is 13.2 Å². The molecule has 0 aliphatic carbocycles. The summed E-state index contributed by atoms with van der Waals surface area (Å²) in [6.07, 6.45) is 1.96. The predicted molar refractivity (Wildman–Crippen MR) is 68.6 cm³/mol. The van der Waals surface area contributed by atoms with Crippen molar-refractivity contribution in [3.05, 3.63) is 53.3 Å². The summed E-state index contributed by atoms with van der Waals surface area (Å²) in [6.45, 7) is 0.937. The molecule has 0 amide bonds.